The van der Waals surface area contributed by atoms with Gasteiger partial charge >= 0.3 is 0 Å². The van der Waals surface area contributed by atoms with E-state index in [1.807, 2.05) is 0 Å². The number of carbonyl (C=O) groups is 4. The third-order valence-electron chi connectivity index (χ3n) is 5.74. The van der Waals surface area contributed by atoms with E-state index in [1.165, 1.54) is 0 Å². The predicted molar refractivity (Wildman–Crippen MR) is 132 cm³/mol. The van der Waals surface area contributed by atoms with Crippen LogP contribution in [0, 0.1) is 0 Å². The van der Waals surface area contributed by atoms with Crippen LogP contribution in [0.2, 0.25) is 0 Å². The van der Waals surface area contributed by atoms with Crippen molar-refractivity contribution in [1.82, 2.24) is 10.2 Å². The van der Waals surface area contributed by atoms with Gasteiger partial charge in [-0.25, -0.2) is 4.39 Å². The van der Waals surface area contributed by atoms with Crippen molar-refractivity contribution in [2.75, 3.05) is 84.6 Å². The van der Waals surface area contributed by atoms with Crippen LogP contribution in [-0.4, -0.2) is 114 Å². The summed E-state index contributed by atoms with van der Waals surface area (Å²) in [6.45, 7) is 3.52. The van der Waals surface area contributed by atoms with Crippen molar-refractivity contribution in [3.63, 3.8) is 0 Å². The first-order valence-corrected chi connectivity index (χ1v) is 12.6. The van der Waals surface area contributed by atoms with Gasteiger partial charge in [0.2, 0.25) is 11.8 Å². The van der Waals surface area contributed by atoms with Crippen molar-refractivity contribution < 1.29 is 47.3 Å². The summed E-state index contributed by atoms with van der Waals surface area (Å²) in [5, 5.41) is 5.30. The number of rotatable bonds is 19. The molecule has 0 bridgehead atoms. The molecule has 3 rings (SSSR count). The molecule has 0 saturated carbocycles. The lowest BCUT2D eigenvalue weighted by Gasteiger charge is -2.27. The topological polar surface area (TPSA) is 142 Å². The Balaban J connectivity index is 1.26. The number of nitrogens with zero attached hydrogens (tertiary/aromatic N) is 1. The van der Waals surface area contributed by atoms with E-state index in [0.717, 1.165) is 4.90 Å². The van der Waals surface area contributed by atoms with Crippen LogP contribution < -0.4 is 10.6 Å². The van der Waals surface area contributed by atoms with E-state index in [4.69, 9.17) is 23.7 Å². The summed E-state index contributed by atoms with van der Waals surface area (Å²) in [7, 11) is 0. The van der Waals surface area contributed by atoms with E-state index in [0.29, 0.717) is 71.7 Å². The van der Waals surface area contributed by atoms with Crippen LogP contribution in [0.25, 0.3) is 0 Å². The van der Waals surface area contributed by atoms with Gasteiger partial charge in [0.1, 0.15) is 12.7 Å². The van der Waals surface area contributed by atoms with E-state index >= 15 is 0 Å². The third-order valence-corrected chi connectivity index (χ3v) is 5.74. The van der Waals surface area contributed by atoms with Gasteiger partial charge in [-0.1, -0.05) is 6.07 Å². The highest BCUT2D eigenvalue weighted by Gasteiger charge is 2.45. The average Bonchev–Trinajstić information content (AvgIpc) is 3.16. The van der Waals surface area contributed by atoms with Crippen molar-refractivity contribution in [2.24, 2.45) is 0 Å². The number of nitrogens with one attached hydrogen (secondary N) is 2. The molecule has 1 atom stereocenters. The number of imide groups is 2. The maximum Gasteiger partial charge on any atom is 0.264 e. The lowest BCUT2D eigenvalue weighted by Crippen LogP contribution is -2.54. The highest BCUT2D eigenvalue weighted by atomic mass is 19.1. The molecule has 1 unspecified atom stereocenters. The zero-order chi connectivity index (χ0) is 27.2. The molecule has 0 aliphatic carbocycles. The highest BCUT2D eigenvalue weighted by molar-refractivity contribution is 6.25. The van der Waals surface area contributed by atoms with E-state index in [9.17, 15) is 23.6 Å². The molecule has 210 valence electrons. The summed E-state index contributed by atoms with van der Waals surface area (Å²) in [5.74, 6) is -2.17. The standard InChI is InChI=1S/C25H34FN3O9/c26-6-8-34-10-12-36-14-16-38-17-15-37-13-11-35-9-7-27-19-3-1-2-18-22(19)25(33)29(24(18)32)20-4-5-21(30)28-23(20)31/h1-3,20,27H,4-17H2,(H,28,30,31). The van der Waals surface area contributed by atoms with Crippen LogP contribution in [0.1, 0.15) is 33.6 Å². The fraction of sp³-hybridized carbons (Fsp3) is 0.600. The molecule has 0 aromatic heterocycles. The number of amides is 4. The van der Waals surface area contributed by atoms with Crippen LogP contribution in [0.3, 0.4) is 0 Å². The number of carbonyl (C=O) groups excluding carboxylic acids is 4. The maximum atomic E-state index is 13.1. The number of alkyl halides is 1. The highest BCUT2D eigenvalue weighted by Crippen LogP contribution is 2.32. The Labute approximate surface area is 220 Å². The molecule has 12 nitrogen and oxygen atoms in total. The smallest absolute Gasteiger partial charge is 0.264 e. The van der Waals surface area contributed by atoms with Crippen molar-refractivity contribution >= 4 is 29.3 Å². The largest absolute Gasteiger partial charge is 0.382 e. The summed E-state index contributed by atoms with van der Waals surface area (Å²) in [6.07, 6.45) is 0.174. The zero-order valence-electron chi connectivity index (χ0n) is 21.2. The first-order chi connectivity index (χ1) is 18.5. The van der Waals surface area contributed by atoms with Crippen LogP contribution in [0.4, 0.5) is 10.1 Å². The summed E-state index contributed by atoms with van der Waals surface area (Å²) in [4.78, 5) is 50.5. The maximum absolute atomic E-state index is 13.1. The molecule has 38 heavy (non-hydrogen) atoms. The predicted octanol–water partition coefficient (Wildman–Crippen LogP) is 0.552. The minimum Gasteiger partial charge on any atom is -0.382 e. The molecule has 2 heterocycles. The van der Waals surface area contributed by atoms with Gasteiger partial charge in [-0.05, 0) is 18.6 Å². The summed E-state index contributed by atoms with van der Waals surface area (Å²) in [5.41, 5.74) is 0.903. The number of ether oxygens (including phenoxy) is 5. The number of piperidine rings is 1. The number of fused-ring (bicyclic) bond motifs is 1. The van der Waals surface area contributed by atoms with Gasteiger partial charge in [0.25, 0.3) is 11.8 Å². The Morgan fingerprint density at radius 1 is 0.816 bits per heavy atom. The van der Waals surface area contributed by atoms with E-state index in [-0.39, 0.29) is 30.6 Å². The molecule has 13 heteroatoms. The number of halogens is 1. The van der Waals surface area contributed by atoms with Crippen LogP contribution in [-0.2, 0) is 33.3 Å². The Morgan fingerprint density at radius 3 is 1.97 bits per heavy atom. The summed E-state index contributed by atoms with van der Waals surface area (Å²) >= 11 is 0. The molecule has 0 radical (unpaired) electrons. The van der Waals surface area contributed by atoms with Crippen molar-refractivity contribution in [3.05, 3.63) is 29.3 Å². The van der Waals surface area contributed by atoms with E-state index in [1.54, 1.807) is 18.2 Å². The van der Waals surface area contributed by atoms with Gasteiger partial charge in [0.05, 0.1) is 77.2 Å². The zero-order valence-corrected chi connectivity index (χ0v) is 21.2. The van der Waals surface area contributed by atoms with Crippen LogP contribution in [0.15, 0.2) is 18.2 Å². The van der Waals surface area contributed by atoms with Gasteiger partial charge in [0, 0.05) is 18.7 Å². The van der Waals surface area contributed by atoms with Crippen molar-refractivity contribution in [1.29, 1.82) is 0 Å². The molecule has 2 aliphatic rings. The third kappa shape index (κ3) is 8.53. The molecule has 1 fully saturated rings. The van der Waals surface area contributed by atoms with Crippen molar-refractivity contribution in [2.45, 2.75) is 18.9 Å². The normalized spacial score (nSPS) is 17.2. The molecule has 2 aliphatic heterocycles. The second-order valence-electron chi connectivity index (χ2n) is 8.35. The first kappa shape index (κ1) is 29.6. The van der Waals surface area contributed by atoms with E-state index in [2.05, 4.69) is 10.6 Å². The minimum absolute atomic E-state index is 0.0679. The Morgan fingerprint density at radius 2 is 1.39 bits per heavy atom. The van der Waals surface area contributed by atoms with E-state index < -0.39 is 36.3 Å². The second kappa shape index (κ2) is 16.1. The molecular weight excluding hydrogens is 505 g/mol. The second-order valence-corrected chi connectivity index (χ2v) is 8.35. The quantitative estimate of drug-likeness (QED) is 0.189. The summed E-state index contributed by atoms with van der Waals surface area (Å²) in [6, 6.07) is 3.89. The Kier molecular flexibility index (Phi) is 12.5. The van der Waals surface area contributed by atoms with Gasteiger partial charge in [-0.3, -0.25) is 29.4 Å². The average molecular weight is 540 g/mol. The number of hydrogen-bond donors (Lipinski definition) is 2. The number of hydrogen-bond acceptors (Lipinski definition) is 10. The minimum atomic E-state index is -1.01. The summed E-state index contributed by atoms with van der Waals surface area (Å²) < 4.78 is 38.4. The fourth-order valence-electron chi connectivity index (χ4n) is 3.96. The Hall–Kier alpha value is -2.97. The monoisotopic (exact) mass is 539 g/mol. The molecule has 2 N–H and O–H groups in total. The molecule has 1 saturated heterocycles. The van der Waals surface area contributed by atoms with Crippen molar-refractivity contribution in [3.8, 4) is 0 Å². The fourth-order valence-corrected chi connectivity index (χ4v) is 3.96. The van der Waals surface area contributed by atoms with Gasteiger partial charge in [-0.15, -0.1) is 0 Å². The van der Waals surface area contributed by atoms with Crippen LogP contribution >= 0.6 is 0 Å². The lowest BCUT2D eigenvalue weighted by atomic mass is 10.0. The lowest BCUT2D eigenvalue weighted by molar-refractivity contribution is -0.136. The van der Waals surface area contributed by atoms with Gasteiger partial charge in [0.15, 0.2) is 0 Å². The molecule has 0 spiro atoms. The molecule has 4 amide bonds. The Bertz CT molecular complexity index is 962. The number of benzene rings is 1. The van der Waals surface area contributed by atoms with Gasteiger partial charge < -0.3 is 29.0 Å². The first-order valence-electron chi connectivity index (χ1n) is 12.6. The SMILES string of the molecule is O=C1CCC(N2C(=O)c3cccc(NCCOCCOCCOCCOCCOCCF)c3C2=O)C(=O)N1. The molecule has 1 aromatic carbocycles. The van der Waals surface area contributed by atoms with Gasteiger partial charge in [-0.2, -0.15) is 0 Å². The molecule has 1 aromatic rings. The number of anilines is 1. The van der Waals surface area contributed by atoms with Crippen LogP contribution in [0.5, 0.6) is 0 Å². The molecular formula is C25H34FN3O9.